The van der Waals surface area contributed by atoms with Crippen LogP contribution in [0, 0.1) is 6.92 Å². The van der Waals surface area contributed by atoms with E-state index in [9.17, 15) is 13.2 Å². The van der Waals surface area contributed by atoms with Crippen LogP contribution < -0.4 is 0 Å². The van der Waals surface area contributed by atoms with Crippen LogP contribution in [-0.2, 0) is 4.18 Å². The highest BCUT2D eigenvalue weighted by atomic mass is 32.2. The van der Waals surface area contributed by atoms with E-state index < -0.39 is 11.6 Å². The molecule has 66 valence electrons. The molecule has 4 nitrogen and oxygen atoms in total. The molecule has 0 aliphatic heterocycles. The molecule has 12 heavy (non-hydrogen) atoms. The molecule has 1 heterocycles. The van der Waals surface area contributed by atoms with E-state index in [0.29, 0.717) is 0 Å². The molecule has 0 amide bonds. The first-order valence-corrected chi connectivity index (χ1v) is 3.23. The van der Waals surface area contributed by atoms with Crippen molar-refractivity contribution in [3.05, 3.63) is 12.8 Å². The summed E-state index contributed by atoms with van der Waals surface area (Å²) in [4.78, 5) is 0. The summed E-state index contributed by atoms with van der Waals surface area (Å²) in [7, 11) is 0. The van der Waals surface area contributed by atoms with E-state index in [1.165, 1.54) is 0 Å². The molecule has 0 bridgehead atoms. The zero-order chi connectivity index (χ0) is 9.19. The van der Waals surface area contributed by atoms with Gasteiger partial charge in [0.25, 0.3) is 0 Å². The van der Waals surface area contributed by atoms with Gasteiger partial charge in [0.2, 0.25) is 5.89 Å². The minimum absolute atomic E-state index is 0.0971. The van der Waals surface area contributed by atoms with Crippen LogP contribution in [0.5, 0.6) is 0 Å². The standard InChI is InChI=1S/C4HF3N2O2S/c1-2-8-9-3(10-2)12-11-4(5,6)7/h1H. The summed E-state index contributed by atoms with van der Waals surface area (Å²) in [5, 5.41) is 5.83. The Kier molecular flexibility index (Phi) is 2.58. The molecule has 0 saturated carbocycles. The molecule has 1 rings (SSSR count). The van der Waals surface area contributed by atoms with E-state index in [1.54, 1.807) is 0 Å². The van der Waals surface area contributed by atoms with E-state index in [0.717, 1.165) is 0 Å². The average Bonchev–Trinajstić information content (AvgIpc) is 2.30. The van der Waals surface area contributed by atoms with Crippen LogP contribution in [0.1, 0.15) is 5.89 Å². The third-order valence-electron chi connectivity index (χ3n) is 0.630. The van der Waals surface area contributed by atoms with Gasteiger partial charge in [0.05, 0.1) is 19.0 Å². The molecular weight excluding hydrogens is 197 g/mol. The van der Waals surface area contributed by atoms with E-state index in [4.69, 9.17) is 6.92 Å². The van der Waals surface area contributed by atoms with Gasteiger partial charge in [-0.1, -0.05) is 5.10 Å². The second kappa shape index (κ2) is 3.31. The van der Waals surface area contributed by atoms with Gasteiger partial charge in [0, 0.05) is 0 Å². The van der Waals surface area contributed by atoms with Gasteiger partial charge in [-0.2, -0.15) is 0 Å². The summed E-state index contributed by atoms with van der Waals surface area (Å²) in [6.07, 6.45) is -4.74. The lowest BCUT2D eigenvalue weighted by molar-refractivity contribution is -0.267. The number of aromatic nitrogens is 2. The third-order valence-corrected chi connectivity index (χ3v) is 1.21. The summed E-state index contributed by atoms with van der Waals surface area (Å²) in [5.41, 5.74) is 0. The van der Waals surface area contributed by atoms with E-state index >= 15 is 0 Å². The van der Waals surface area contributed by atoms with Crippen LogP contribution in [0.2, 0.25) is 0 Å². The summed E-state index contributed by atoms with van der Waals surface area (Å²) in [6, 6.07) is 0. The molecule has 0 atom stereocenters. The minimum Gasteiger partial charge on any atom is -0.414 e. The highest BCUT2D eigenvalue weighted by Gasteiger charge is 2.31. The SMILES string of the molecule is [CH]c1nnc(SOC(F)(F)F)o1. The number of alkyl halides is 3. The second-order valence-corrected chi connectivity index (χ2v) is 2.20. The van der Waals surface area contributed by atoms with E-state index in [-0.39, 0.29) is 17.9 Å². The Morgan fingerprint density at radius 2 is 2.08 bits per heavy atom. The first-order chi connectivity index (χ1) is 5.47. The predicted molar refractivity (Wildman–Crippen MR) is 30.7 cm³/mol. The minimum atomic E-state index is -4.74. The third kappa shape index (κ3) is 3.09. The Balaban J connectivity index is 2.44. The lowest BCUT2D eigenvalue weighted by Crippen LogP contribution is -2.07. The molecule has 1 aromatic rings. The quantitative estimate of drug-likeness (QED) is 0.676. The summed E-state index contributed by atoms with van der Waals surface area (Å²) in [6.45, 7) is 4.93. The molecule has 8 heteroatoms. The maximum absolute atomic E-state index is 11.4. The van der Waals surface area contributed by atoms with Crippen molar-refractivity contribution in [3.8, 4) is 0 Å². The molecular formula is C4HF3N2O2S. The fourth-order valence-corrected chi connectivity index (χ4v) is 0.696. The highest BCUT2D eigenvalue weighted by Crippen LogP contribution is 2.27. The zero-order valence-corrected chi connectivity index (χ0v) is 6.15. The first-order valence-electron chi connectivity index (χ1n) is 2.49. The molecule has 0 unspecified atom stereocenters. The van der Waals surface area contributed by atoms with Crippen LogP contribution in [0.4, 0.5) is 13.2 Å². The van der Waals surface area contributed by atoms with Crippen molar-refractivity contribution < 1.29 is 21.8 Å². The summed E-state index contributed by atoms with van der Waals surface area (Å²) >= 11 is -0.0971. The Morgan fingerprint density at radius 3 is 2.50 bits per heavy atom. The molecule has 1 aromatic heterocycles. The normalized spacial score (nSPS) is 12.0. The second-order valence-electron chi connectivity index (χ2n) is 1.52. The van der Waals surface area contributed by atoms with Gasteiger partial charge in [-0.15, -0.1) is 18.3 Å². The van der Waals surface area contributed by atoms with Crippen molar-refractivity contribution >= 4 is 12.0 Å². The van der Waals surface area contributed by atoms with Gasteiger partial charge >= 0.3 is 11.6 Å². The van der Waals surface area contributed by atoms with E-state index in [1.807, 2.05) is 0 Å². The van der Waals surface area contributed by atoms with Gasteiger partial charge < -0.3 is 4.42 Å². The molecule has 0 fully saturated rings. The van der Waals surface area contributed by atoms with Gasteiger partial charge in [-0.05, 0) is 0 Å². The largest absolute Gasteiger partial charge is 0.534 e. The maximum atomic E-state index is 11.4. The van der Waals surface area contributed by atoms with Crippen LogP contribution in [0.25, 0.3) is 0 Å². The van der Waals surface area contributed by atoms with Gasteiger partial charge in [0.15, 0.2) is 0 Å². The Hall–Kier alpha value is -0.760. The zero-order valence-electron chi connectivity index (χ0n) is 5.33. The molecule has 0 N–H and O–H groups in total. The van der Waals surface area contributed by atoms with Gasteiger partial charge in [-0.25, -0.2) is 4.18 Å². The first kappa shape index (κ1) is 9.33. The Labute approximate surface area is 69.3 Å². The fourth-order valence-electron chi connectivity index (χ4n) is 0.337. The molecule has 0 aliphatic carbocycles. The number of hydrogen-bond acceptors (Lipinski definition) is 5. The van der Waals surface area contributed by atoms with Crippen LogP contribution in [0.15, 0.2) is 9.64 Å². The lowest BCUT2D eigenvalue weighted by atomic mass is 10.8. The molecule has 0 saturated heterocycles. The maximum Gasteiger partial charge on any atom is 0.534 e. The topological polar surface area (TPSA) is 48.2 Å². The van der Waals surface area contributed by atoms with Crippen LogP contribution >= 0.6 is 12.0 Å². The fraction of sp³-hybridized carbons (Fsp3) is 0.250. The number of nitrogens with zero attached hydrogens (tertiary/aromatic N) is 2. The average molecular weight is 198 g/mol. The van der Waals surface area contributed by atoms with Crippen molar-refractivity contribution in [2.24, 2.45) is 0 Å². The molecule has 0 spiro atoms. The molecule has 0 aliphatic rings. The smallest absolute Gasteiger partial charge is 0.414 e. The van der Waals surface area contributed by atoms with Crippen molar-refractivity contribution in [3.63, 3.8) is 0 Å². The number of hydrogen-bond donors (Lipinski definition) is 0. The van der Waals surface area contributed by atoms with Crippen molar-refractivity contribution in [2.75, 3.05) is 0 Å². The van der Waals surface area contributed by atoms with E-state index in [2.05, 4.69) is 18.8 Å². The van der Waals surface area contributed by atoms with Crippen LogP contribution in [0.3, 0.4) is 0 Å². The Morgan fingerprint density at radius 1 is 1.42 bits per heavy atom. The van der Waals surface area contributed by atoms with Gasteiger partial charge in [0.1, 0.15) is 0 Å². The predicted octanol–water partition coefficient (Wildman–Crippen LogP) is 1.67. The van der Waals surface area contributed by atoms with Gasteiger partial charge in [-0.3, -0.25) is 0 Å². The molecule has 2 radical (unpaired) electrons. The lowest BCUT2D eigenvalue weighted by Gasteiger charge is -2.00. The monoisotopic (exact) mass is 198 g/mol. The van der Waals surface area contributed by atoms with Crippen molar-refractivity contribution in [2.45, 2.75) is 11.6 Å². The summed E-state index contributed by atoms with van der Waals surface area (Å²) in [5.74, 6) is -0.316. The van der Waals surface area contributed by atoms with Crippen LogP contribution in [-0.4, -0.2) is 16.6 Å². The molecule has 0 aromatic carbocycles. The summed E-state index contributed by atoms with van der Waals surface area (Å²) < 4.78 is 41.8. The highest BCUT2D eigenvalue weighted by molar-refractivity contribution is 7.94. The number of halogens is 3. The van der Waals surface area contributed by atoms with Crippen molar-refractivity contribution in [1.29, 1.82) is 0 Å². The Bertz CT molecular complexity index is 261. The number of rotatable bonds is 2. The van der Waals surface area contributed by atoms with Crippen molar-refractivity contribution in [1.82, 2.24) is 10.2 Å².